The molecule has 0 saturated heterocycles. The maximum atomic E-state index is 12.8. The third-order valence-corrected chi connectivity index (χ3v) is 4.16. The van der Waals surface area contributed by atoms with Gasteiger partial charge >= 0.3 is 0 Å². The quantitative estimate of drug-likeness (QED) is 0.815. The molecular weight excluding hydrogens is 375 g/mol. The number of halogens is 2. The standard InChI is InChI=1S/C18H18BrFN2O2/c1-13(23)22(17-5-3-2-4-16(17)19)11-10-18(24)21-12-14-6-8-15(20)9-7-14/h2-9H,10-12H2,1H3,(H,21,24). The number of rotatable bonds is 6. The van der Waals surface area contributed by atoms with Gasteiger partial charge in [-0.3, -0.25) is 9.59 Å². The van der Waals surface area contributed by atoms with Crippen LogP contribution in [-0.4, -0.2) is 18.4 Å². The van der Waals surface area contributed by atoms with Crippen LogP contribution in [0.15, 0.2) is 53.0 Å². The number of benzene rings is 2. The smallest absolute Gasteiger partial charge is 0.223 e. The molecular formula is C18H18BrFN2O2. The summed E-state index contributed by atoms with van der Waals surface area (Å²) in [6.45, 7) is 2.08. The van der Waals surface area contributed by atoms with E-state index in [0.717, 1.165) is 15.7 Å². The Morgan fingerprint density at radius 2 is 1.79 bits per heavy atom. The predicted molar refractivity (Wildman–Crippen MR) is 95.0 cm³/mol. The lowest BCUT2D eigenvalue weighted by Crippen LogP contribution is -2.34. The molecule has 0 saturated carbocycles. The van der Waals surface area contributed by atoms with Crippen LogP contribution >= 0.6 is 15.9 Å². The van der Waals surface area contributed by atoms with E-state index in [9.17, 15) is 14.0 Å². The zero-order chi connectivity index (χ0) is 17.5. The number of carbonyl (C=O) groups is 2. The zero-order valence-electron chi connectivity index (χ0n) is 13.3. The average Bonchev–Trinajstić information content (AvgIpc) is 2.56. The summed E-state index contributed by atoms with van der Waals surface area (Å²) >= 11 is 3.41. The van der Waals surface area contributed by atoms with Crippen molar-refractivity contribution < 1.29 is 14.0 Å². The van der Waals surface area contributed by atoms with Crippen molar-refractivity contribution in [1.29, 1.82) is 0 Å². The van der Waals surface area contributed by atoms with E-state index in [0.29, 0.717) is 6.54 Å². The summed E-state index contributed by atoms with van der Waals surface area (Å²) in [6, 6.07) is 13.3. The number of anilines is 1. The van der Waals surface area contributed by atoms with E-state index in [1.807, 2.05) is 24.3 Å². The van der Waals surface area contributed by atoms with Gasteiger partial charge in [0.2, 0.25) is 11.8 Å². The Morgan fingerprint density at radius 1 is 1.12 bits per heavy atom. The fourth-order valence-electron chi connectivity index (χ4n) is 2.22. The highest BCUT2D eigenvalue weighted by Gasteiger charge is 2.15. The van der Waals surface area contributed by atoms with Gasteiger partial charge in [-0.2, -0.15) is 0 Å². The van der Waals surface area contributed by atoms with Gasteiger partial charge in [0.15, 0.2) is 0 Å². The highest BCUT2D eigenvalue weighted by atomic mass is 79.9. The molecule has 0 unspecified atom stereocenters. The molecule has 0 aromatic heterocycles. The van der Waals surface area contributed by atoms with E-state index >= 15 is 0 Å². The Labute approximate surface area is 148 Å². The molecule has 2 rings (SSSR count). The maximum absolute atomic E-state index is 12.8. The van der Waals surface area contributed by atoms with E-state index in [1.165, 1.54) is 19.1 Å². The molecule has 0 fully saturated rings. The van der Waals surface area contributed by atoms with Gasteiger partial charge in [0, 0.05) is 30.9 Å². The van der Waals surface area contributed by atoms with Crippen molar-refractivity contribution in [2.45, 2.75) is 19.9 Å². The predicted octanol–water partition coefficient (Wildman–Crippen LogP) is 3.65. The number of para-hydroxylation sites is 1. The first-order chi connectivity index (χ1) is 11.5. The second kappa shape index (κ2) is 8.59. The Balaban J connectivity index is 1.90. The SMILES string of the molecule is CC(=O)N(CCC(=O)NCc1ccc(F)cc1)c1ccccc1Br. The third-order valence-electron chi connectivity index (χ3n) is 3.49. The van der Waals surface area contributed by atoms with Crippen molar-refractivity contribution in [2.75, 3.05) is 11.4 Å². The summed E-state index contributed by atoms with van der Waals surface area (Å²) in [5.41, 5.74) is 1.55. The van der Waals surface area contributed by atoms with Gasteiger partial charge in [-0.05, 0) is 45.8 Å². The highest BCUT2D eigenvalue weighted by molar-refractivity contribution is 9.10. The highest BCUT2D eigenvalue weighted by Crippen LogP contribution is 2.25. The van der Waals surface area contributed by atoms with Crippen molar-refractivity contribution in [3.63, 3.8) is 0 Å². The van der Waals surface area contributed by atoms with Crippen molar-refractivity contribution in [3.05, 3.63) is 64.4 Å². The zero-order valence-corrected chi connectivity index (χ0v) is 14.8. The lowest BCUT2D eigenvalue weighted by Gasteiger charge is -2.22. The van der Waals surface area contributed by atoms with Crippen LogP contribution in [0.3, 0.4) is 0 Å². The third kappa shape index (κ3) is 5.16. The summed E-state index contributed by atoms with van der Waals surface area (Å²) in [7, 11) is 0. The Hall–Kier alpha value is -2.21. The van der Waals surface area contributed by atoms with E-state index in [4.69, 9.17) is 0 Å². The fraction of sp³-hybridized carbons (Fsp3) is 0.222. The first-order valence-electron chi connectivity index (χ1n) is 7.51. The van der Waals surface area contributed by atoms with E-state index in [-0.39, 0.29) is 30.6 Å². The van der Waals surface area contributed by atoms with Crippen LogP contribution in [-0.2, 0) is 16.1 Å². The molecule has 126 valence electrons. The molecule has 0 aliphatic heterocycles. The minimum atomic E-state index is -0.310. The van der Waals surface area contributed by atoms with E-state index in [1.54, 1.807) is 17.0 Å². The lowest BCUT2D eigenvalue weighted by molar-refractivity contribution is -0.121. The van der Waals surface area contributed by atoms with Gasteiger partial charge in [0.05, 0.1) is 5.69 Å². The summed E-state index contributed by atoms with van der Waals surface area (Å²) in [4.78, 5) is 25.4. The van der Waals surface area contributed by atoms with Gasteiger partial charge in [0.25, 0.3) is 0 Å². The van der Waals surface area contributed by atoms with Crippen LogP contribution < -0.4 is 10.2 Å². The molecule has 0 spiro atoms. The second-order valence-corrected chi connectivity index (χ2v) is 6.13. The average molecular weight is 393 g/mol. The minimum Gasteiger partial charge on any atom is -0.352 e. The molecule has 6 heteroatoms. The first kappa shape index (κ1) is 18.1. The molecule has 2 amide bonds. The maximum Gasteiger partial charge on any atom is 0.223 e. The fourth-order valence-corrected chi connectivity index (χ4v) is 2.72. The van der Waals surface area contributed by atoms with Crippen molar-refractivity contribution in [2.24, 2.45) is 0 Å². The largest absolute Gasteiger partial charge is 0.352 e. The van der Waals surface area contributed by atoms with Crippen LogP contribution in [0.1, 0.15) is 18.9 Å². The molecule has 4 nitrogen and oxygen atoms in total. The molecule has 0 bridgehead atoms. The van der Waals surface area contributed by atoms with Crippen molar-refractivity contribution in [1.82, 2.24) is 5.32 Å². The Bertz CT molecular complexity index is 719. The topological polar surface area (TPSA) is 49.4 Å². The molecule has 0 aliphatic carbocycles. The van der Waals surface area contributed by atoms with Gasteiger partial charge < -0.3 is 10.2 Å². The number of hydrogen-bond donors (Lipinski definition) is 1. The summed E-state index contributed by atoms with van der Waals surface area (Å²) in [5.74, 6) is -0.610. The molecule has 0 aliphatic rings. The number of nitrogens with one attached hydrogen (secondary N) is 1. The molecule has 0 radical (unpaired) electrons. The van der Waals surface area contributed by atoms with Gasteiger partial charge in [-0.25, -0.2) is 4.39 Å². The molecule has 1 N–H and O–H groups in total. The minimum absolute atomic E-state index is 0.131. The van der Waals surface area contributed by atoms with Gasteiger partial charge in [-0.1, -0.05) is 24.3 Å². The van der Waals surface area contributed by atoms with Gasteiger partial charge in [0.1, 0.15) is 5.82 Å². The van der Waals surface area contributed by atoms with Crippen LogP contribution in [0.4, 0.5) is 10.1 Å². The second-order valence-electron chi connectivity index (χ2n) is 5.28. The summed E-state index contributed by atoms with van der Waals surface area (Å²) in [6.07, 6.45) is 0.183. The molecule has 0 atom stereocenters. The number of nitrogens with zero attached hydrogens (tertiary/aromatic N) is 1. The van der Waals surface area contributed by atoms with Gasteiger partial charge in [-0.15, -0.1) is 0 Å². The Kier molecular flexibility index (Phi) is 6.49. The first-order valence-corrected chi connectivity index (χ1v) is 8.30. The summed E-state index contributed by atoms with van der Waals surface area (Å²) in [5, 5.41) is 2.77. The van der Waals surface area contributed by atoms with E-state index in [2.05, 4.69) is 21.2 Å². The normalized spacial score (nSPS) is 10.3. The molecule has 0 heterocycles. The number of amides is 2. The van der Waals surface area contributed by atoms with Crippen molar-refractivity contribution >= 4 is 33.4 Å². The number of hydrogen-bond acceptors (Lipinski definition) is 2. The van der Waals surface area contributed by atoms with Crippen LogP contribution in [0, 0.1) is 5.82 Å². The van der Waals surface area contributed by atoms with E-state index < -0.39 is 0 Å². The summed E-state index contributed by atoms with van der Waals surface area (Å²) < 4.78 is 13.6. The van der Waals surface area contributed by atoms with Crippen molar-refractivity contribution in [3.8, 4) is 0 Å². The number of carbonyl (C=O) groups excluding carboxylic acids is 2. The molecule has 24 heavy (non-hydrogen) atoms. The molecule has 2 aromatic rings. The van der Waals surface area contributed by atoms with Crippen LogP contribution in [0.5, 0.6) is 0 Å². The van der Waals surface area contributed by atoms with Crippen LogP contribution in [0.25, 0.3) is 0 Å². The lowest BCUT2D eigenvalue weighted by atomic mass is 10.2. The monoisotopic (exact) mass is 392 g/mol. The molecule has 2 aromatic carbocycles. The van der Waals surface area contributed by atoms with Crippen LogP contribution in [0.2, 0.25) is 0 Å². The Morgan fingerprint density at radius 3 is 2.42 bits per heavy atom.